The summed E-state index contributed by atoms with van der Waals surface area (Å²) in [6.45, 7) is 10.8. The van der Waals surface area contributed by atoms with Crippen LogP contribution in [0.3, 0.4) is 0 Å². The van der Waals surface area contributed by atoms with Crippen molar-refractivity contribution in [2.75, 3.05) is 39.8 Å². The molecule has 2 aliphatic rings. The zero-order valence-electron chi connectivity index (χ0n) is 16.2. The van der Waals surface area contributed by atoms with Crippen molar-refractivity contribution in [3.05, 3.63) is 35.9 Å². The fraction of sp³-hybridized carbons (Fsp3) is 0.636. The summed E-state index contributed by atoms with van der Waals surface area (Å²) >= 11 is 0. The Morgan fingerprint density at radius 1 is 1.20 bits per heavy atom. The van der Waals surface area contributed by atoms with E-state index in [1.165, 1.54) is 51.0 Å². The summed E-state index contributed by atoms with van der Waals surface area (Å²) in [7, 11) is 1.74. The number of nitrogens with zero attached hydrogens (tertiary/aromatic N) is 2. The topological polar surface area (TPSA) is 15.7 Å². The van der Waals surface area contributed by atoms with E-state index < -0.39 is 0 Å². The van der Waals surface area contributed by atoms with Crippen LogP contribution in [0, 0.1) is 11.8 Å². The lowest BCUT2D eigenvalue weighted by molar-refractivity contribution is 0.0261. The normalized spacial score (nSPS) is 25.4. The third-order valence-corrected chi connectivity index (χ3v) is 5.67. The monoisotopic (exact) mass is 342 g/mol. The van der Waals surface area contributed by atoms with Crippen molar-refractivity contribution in [3.8, 4) is 5.75 Å². The molecule has 0 N–H and O–H groups in total. The standard InChI is InChI=1S/C22H34N2O/c1-18(2)16-23-15-12-21-20(17-23)10-7-14-24(21)13-6-9-19-8-4-5-11-22(19)25-3/h4-6,8-9,11,18,20-21H,7,10,12-17H2,1-3H3/b9-6+/t20-,21+/m1/s1. The predicted molar refractivity (Wildman–Crippen MR) is 106 cm³/mol. The van der Waals surface area contributed by atoms with E-state index in [2.05, 4.69) is 47.9 Å². The van der Waals surface area contributed by atoms with Crippen LogP contribution in [-0.2, 0) is 0 Å². The SMILES string of the molecule is COc1ccccc1/C=C/CN1CCC[C@@H]2CN(CC(C)C)CC[C@@H]21. The molecule has 0 radical (unpaired) electrons. The van der Waals surface area contributed by atoms with E-state index in [0.29, 0.717) is 0 Å². The molecule has 2 atom stereocenters. The zero-order chi connectivity index (χ0) is 17.6. The molecule has 3 heteroatoms. The number of piperidine rings is 2. The van der Waals surface area contributed by atoms with E-state index in [9.17, 15) is 0 Å². The number of ether oxygens (including phenoxy) is 1. The molecule has 0 aromatic heterocycles. The molecule has 0 amide bonds. The highest BCUT2D eigenvalue weighted by Crippen LogP contribution is 2.31. The second-order valence-corrected chi connectivity index (χ2v) is 8.05. The molecule has 2 fully saturated rings. The fourth-order valence-corrected chi connectivity index (χ4v) is 4.61. The molecule has 138 valence electrons. The molecule has 0 aliphatic carbocycles. The van der Waals surface area contributed by atoms with Gasteiger partial charge in [-0.1, -0.05) is 44.2 Å². The maximum Gasteiger partial charge on any atom is 0.126 e. The van der Waals surface area contributed by atoms with Crippen molar-refractivity contribution in [3.63, 3.8) is 0 Å². The van der Waals surface area contributed by atoms with Crippen molar-refractivity contribution in [1.82, 2.24) is 9.80 Å². The van der Waals surface area contributed by atoms with Crippen LogP contribution >= 0.6 is 0 Å². The summed E-state index contributed by atoms with van der Waals surface area (Å²) in [4.78, 5) is 5.41. The van der Waals surface area contributed by atoms with Gasteiger partial charge in [-0.2, -0.15) is 0 Å². The van der Waals surface area contributed by atoms with Crippen molar-refractivity contribution in [2.24, 2.45) is 11.8 Å². The van der Waals surface area contributed by atoms with Gasteiger partial charge in [-0.3, -0.25) is 4.90 Å². The van der Waals surface area contributed by atoms with E-state index in [4.69, 9.17) is 4.74 Å². The Morgan fingerprint density at radius 3 is 2.84 bits per heavy atom. The molecular weight excluding hydrogens is 308 g/mol. The number of rotatable bonds is 6. The highest BCUT2D eigenvalue weighted by Gasteiger charge is 2.35. The zero-order valence-corrected chi connectivity index (χ0v) is 16.2. The number of likely N-dealkylation sites (tertiary alicyclic amines) is 2. The largest absolute Gasteiger partial charge is 0.496 e. The van der Waals surface area contributed by atoms with Crippen molar-refractivity contribution in [2.45, 2.75) is 39.2 Å². The molecule has 0 bridgehead atoms. The van der Waals surface area contributed by atoms with Gasteiger partial charge in [0, 0.05) is 31.2 Å². The van der Waals surface area contributed by atoms with Crippen LogP contribution in [0.2, 0.25) is 0 Å². The maximum absolute atomic E-state index is 5.45. The Morgan fingerprint density at radius 2 is 2.04 bits per heavy atom. The van der Waals surface area contributed by atoms with Gasteiger partial charge in [0.2, 0.25) is 0 Å². The lowest BCUT2D eigenvalue weighted by Gasteiger charge is -2.47. The second kappa shape index (κ2) is 8.86. The first-order chi connectivity index (χ1) is 12.2. The van der Waals surface area contributed by atoms with Gasteiger partial charge in [0.15, 0.2) is 0 Å². The highest BCUT2D eigenvalue weighted by molar-refractivity contribution is 5.57. The highest BCUT2D eigenvalue weighted by atomic mass is 16.5. The molecular formula is C22H34N2O. The van der Waals surface area contributed by atoms with E-state index >= 15 is 0 Å². The molecule has 0 saturated carbocycles. The number of methoxy groups -OCH3 is 1. The quantitative estimate of drug-likeness (QED) is 0.772. The first-order valence-corrected chi connectivity index (χ1v) is 9.93. The summed E-state index contributed by atoms with van der Waals surface area (Å²) in [5, 5.41) is 0. The molecule has 3 nitrogen and oxygen atoms in total. The van der Waals surface area contributed by atoms with Gasteiger partial charge >= 0.3 is 0 Å². The Hall–Kier alpha value is -1.32. The van der Waals surface area contributed by atoms with Crippen LogP contribution in [-0.4, -0.2) is 55.7 Å². The predicted octanol–water partition coefficient (Wildman–Crippen LogP) is 4.15. The fourth-order valence-electron chi connectivity index (χ4n) is 4.61. The number of hydrogen-bond donors (Lipinski definition) is 0. The Labute approximate surface area is 153 Å². The van der Waals surface area contributed by atoms with Crippen LogP contribution in [0.25, 0.3) is 6.08 Å². The van der Waals surface area contributed by atoms with Gasteiger partial charge in [0.1, 0.15) is 5.75 Å². The molecule has 2 heterocycles. The van der Waals surface area contributed by atoms with Crippen LogP contribution in [0.4, 0.5) is 0 Å². The Balaban J connectivity index is 1.57. The molecule has 2 aliphatic heterocycles. The van der Waals surface area contributed by atoms with Crippen LogP contribution in [0.15, 0.2) is 30.3 Å². The van der Waals surface area contributed by atoms with Gasteiger partial charge in [-0.25, -0.2) is 0 Å². The molecule has 1 aromatic carbocycles. The Kier molecular flexibility index (Phi) is 6.55. The van der Waals surface area contributed by atoms with E-state index in [0.717, 1.165) is 30.2 Å². The minimum Gasteiger partial charge on any atom is -0.496 e. The summed E-state index contributed by atoms with van der Waals surface area (Å²) < 4.78 is 5.45. The van der Waals surface area contributed by atoms with Gasteiger partial charge in [-0.05, 0) is 50.3 Å². The van der Waals surface area contributed by atoms with Crippen LogP contribution in [0.1, 0.15) is 38.7 Å². The molecule has 1 aromatic rings. The first kappa shape index (κ1) is 18.5. The second-order valence-electron chi connectivity index (χ2n) is 8.05. The van der Waals surface area contributed by atoms with Crippen LogP contribution in [0.5, 0.6) is 5.75 Å². The van der Waals surface area contributed by atoms with E-state index in [1.54, 1.807) is 7.11 Å². The van der Waals surface area contributed by atoms with Crippen molar-refractivity contribution in [1.29, 1.82) is 0 Å². The average molecular weight is 343 g/mol. The lowest BCUT2D eigenvalue weighted by atomic mass is 9.83. The molecule has 2 saturated heterocycles. The molecule has 0 spiro atoms. The molecule has 3 rings (SSSR count). The van der Waals surface area contributed by atoms with Gasteiger partial charge in [-0.15, -0.1) is 0 Å². The van der Waals surface area contributed by atoms with Gasteiger partial charge < -0.3 is 9.64 Å². The summed E-state index contributed by atoms with van der Waals surface area (Å²) in [6, 6.07) is 9.03. The van der Waals surface area contributed by atoms with E-state index in [-0.39, 0.29) is 0 Å². The smallest absolute Gasteiger partial charge is 0.126 e. The van der Waals surface area contributed by atoms with Crippen molar-refractivity contribution < 1.29 is 4.74 Å². The summed E-state index contributed by atoms with van der Waals surface area (Å²) in [5.41, 5.74) is 1.17. The van der Waals surface area contributed by atoms with Gasteiger partial charge in [0.25, 0.3) is 0 Å². The minimum absolute atomic E-state index is 0.777. The average Bonchev–Trinajstić information content (AvgIpc) is 2.61. The Bertz CT molecular complexity index is 569. The molecule has 25 heavy (non-hydrogen) atoms. The minimum atomic E-state index is 0.777. The third-order valence-electron chi connectivity index (χ3n) is 5.67. The van der Waals surface area contributed by atoms with Crippen molar-refractivity contribution >= 4 is 6.08 Å². The summed E-state index contributed by atoms with van der Waals surface area (Å²) in [5.74, 6) is 2.60. The number of para-hydroxylation sites is 1. The van der Waals surface area contributed by atoms with Gasteiger partial charge in [0.05, 0.1) is 7.11 Å². The summed E-state index contributed by atoms with van der Waals surface area (Å²) in [6.07, 6.45) is 8.63. The number of hydrogen-bond acceptors (Lipinski definition) is 3. The van der Waals surface area contributed by atoms with E-state index in [1.807, 2.05) is 12.1 Å². The number of benzene rings is 1. The first-order valence-electron chi connectivity index (χ1n) is 9.93. The third kappa shape index (κ3) is 4.86. The van der Waals surface area contributed by atoms with Crippen LogP contribution < -0.4 is 4.74 Å². The molecule has 0 unspecified atom stereocenters. The lowest BCUT2D eigenvalue weighted by Crippen LogP contribution is -2.54. The maximum atomic E-state index is 5.45. The number of fused-ring (bicyclic) bond motifs is 1.